The summed E-state index contributed by atoms with van der Waals surface area (Å²) in [5, 5.41) is 11.8. The summed E-state index contributed by atoms with van der Waals surface area (Å²) in [6, 6.07) is 8.46. The molecule has 120 valence electrons. The molecule has 0 aliphatic heterocycles. The van der Waals surface area contributed by atoms with Crippen LogP contribution in [0.25, 0.3) is 33.5 Å². The number of aryl methyl sites for hydroxylation is 3. The summed E-state index contributed by atoms with van der Waals surface area (Å²) >= 11 is 0. The quantitative estimate of drug-likeness (QED) is 0.609. The molecule has 3 heterocycles. The van der Waals surface area contributed by atoms with Gasteiger partial charge in [0.25, 0.3) is 0 Å². The lowest BCUT2D eigenvalue weighted by Crippen LogP contribution is -1.94. The fraction of sp³-hybridized carbons (Fsp3) is 0.211. The van der Waals surface area contributed by atoms with Crippen LogP contribution in [0.1, 0.15) is 16.7 Å². The van der Waals surface area contributed by atoms with Crippen molar-refractivity contribution in [1.29, 1.82) is 0 Å². The van der Waals surface area contributed by atoms with Crippen molar-refractivity contribution < 1.29 is 0 Å². The van der Waals surface area contributed by atoms with Crippen LogP contribution in [0.2, 0.25) is 0 Å². The Balaban J connectivity index is 1.97. The second-order valence-electron chi connectivity index (χ2n) is 6.27. The molecular weight excluding hydrogens is 298 g/mol. The average Bonchev–Trinajstić information content (AvgIpc) is 3.15. The maximum atomic E-state index is 4.96. The molecule has 5 heteroatoms. The smallest absolute Gasteiger partial charge is 0.122 e. The van der Waals surface area contributed by atoms with Crippen molar-refractivity contribution in [2.45, 2.75) is 20.8 Å². The molecule has 24 heavy (non-hydrogen) atoms. The molecule has 4 aromatic rings. The normalized spacial score (nSPS) is 11.3. The third-order valence-corrected chi connectivity index (χ3v) is 4.56. The number of nitrogens with one attached hydrogen (secondary N) is 1. The minimum absolute atomic E-state index is 0.838. The van der Waals surface area contributed by atoms with Crippen LogP contribution in [0.15, 0.2) is 36.7 Å². The molecule has 5 nitrogen and oxygen atoms in total. The van der Waals surface area contributed by atoms with Crippen molar-refractivity contribution in [3.8, 4) is 22.5 Å². The van der Waals surface area contributed by atoms with Crippen molar-refractivity contribution in [3.63, 3.8) is 0 Å². The van der Waals surface area contributed by atoms with Gasteiger partial charge in [-0.15, -0.1) is 0 Å². The number of aromatic amines is 1. The number of hydrogen-bond acceptors (Lipinski definition) is 3. The highest BCUT2D eigenvalue weighted by atomic mass is 15.2. The van der Waals surface area contributed by atoms with E-state index in [0.717, 1.165) is 33.5 Å². The van der Waals surface area contributed by atoms with Crippen LogP contribution in [-0.2, 0) is 7.05 Å². The monoisotopic (exact) mass is 317 g/mol. The van der Waals surface area contributed by atoms with Crippen LogP contribution < -0.4 is 0 Å². The molecular formula is C19H19N5. The fourth-order valence-corrected chi connectivity index (χ4v) is 3.07. The Morgan fingerprint density at radius 2 is 1.88 bits per heavy atom. The van der Waals surface area contributed by atoms with E-state index in [1.807, 2.05) is 19.4 Å². The third kappa shape index (κ3) is 2.21. The molecule has 0 aliphatic rings. The van der Waals surface area contributed by atoms with E-state index in [1.54, 1.807) is 4.68 Å². The lowest BCUT2D eigenvalue weighted by Gasteiger charge is -2.11. The van der Waals surface area contributed by atoms with E-state index >= 15 is 0 Å². The molecule has 4 rings (SSSR count). The summed E-state index contributed by atoms with van der Waals surface area (Å²) in [5.74, 6) is 0. The molecule has 0 aliphatic carbocycles. The van der Waals surface area contributed by atoms with Gasteiger partial charge in [-0.1, -0.05) is 18.2 Å². The van der Waals surface area contributed by atoms with Crippen molar-refractivity contribution >= 4 is 11.0 Å². The minimum atomic E-state index is 0.838. The van der Waals surface area contributed by atoms with Gasteiger partial charge in [-0.3, -0.25) is 9.78 Å². The molecule has 3 aromatic heterocycles. The first-order valence-corrected chi connectivity index (χ1v) is 7.96. The van der Waals surface area contributed by atoms with Gasteiger partial charge < -0.3 is 0 Å². The number of H-pyrrole nitrogens is 1. The van der Waals surface area contributed by atoms with Gasteiger partial charge in [-0.25, -0.2) is 4.98 Å². The first kappa shape index (κ1) is 14.6. The molecule has 0 bridgehead atoms. The Bertz CT molecular complexity index is 1050. The summed E-state index contributed by atoms with van der Waals surface area (Å²) < 4.78 is 1.77. The second kappa shape index (κ2) is 5.30. The molecule has 0 saturated carbocycles. The van der Waals surface area contributed by atoms with E-state index in [2.05, 4.69) is 60.3 Å². The zero-order valence-electron chi connectivity index (χ0n) is 14.3. The molecule has 0 amide bonds. The Labute approximate surface area is 140 Å². The van der Waals surface area contributed by atoms with Crippen molar-refractivity contribution in [3.05, 3.63) is 53.3 Å². The highest BCUT2D eigenvalue weighted by molar-refractivity contribution is 5.91. The molecule has 0 fully saturated rings. The molecule has 0 radical (unpaired) electrons. The van der Waals surface area contributed by atoms with Gasteiger partial charge >= 0.3 is 0 Å². The average molecular weight is 317 g/mol. The number of aromatic nitrogens is 5. The summed E-state index contributed by atoms with van der Waals surface area (Å²) in [6.07, 6.45) is 3.77. The maximum absolute atomic E-state index is 4.96. The van der Waals surface area contributed by atoms with Crippen molar-refractivity contribution in [2.24, 2.45) is 7.05 Å². The Morgan fingerprint density at radius 3 is 2.62 bits per heavy atom. The van der Waals surface area contributed by atoms with Gasteiger partial charge in [0.05, 0.1) is 17.4 Å². The van der Waals surface area contributed by atoms with Crippen LogP contribution in [0.4, 0.5) is 0 Å². The van der Waals surface area contributed by atoms with Crippen LogP contribution in [-0.4, -0.2) is 25.0 Å². The van der Waals surface area contributed by atoms with E-state index in [-0.39, 0.29) is 0 Å². The SMILES string of the molecule is Cc1cc2[nH]nc(-c3cnn(C)c3)c2nc1-c1cccc(C)c1C. The van der Waals surface area contributed by atoms with E-state index < -0.39 is 0 Å². The maximum Gasteiger partial charge on any atom is 0.122 e. The second-order valence-corrected chi connectivity index (χ2v) is 6.27. The molecule has 0 atom stereocenters. The highest BCUT2D eigenvalue weighted by Gasteiger charge is 2.15. The number of benzene rings is 1. The number of hydrogen-bond donors (Lipinski definition) is 1. The molecule has 1 aromatic carbocycles. The predicted octanol–water partition coefficient (Wildman–Crippen LogP) is 3.95. The van der Waals surface area contributed by atoms with Crippen LogP contribution in [0.3, 0.4) is 0 Å². The molecule has 0 unspecified atom stereocenters. The van der Waals surface area contributed by atoms with Gasteiger partial charge in [0, 0.05) is 24.4 Å². The van der Waals surface area contributed by atoms with Crippen molar-refractivity contribution in [2.75, 3.05) is 0 Å². The third-order valence-electron chi connectivity index (χ3n) is 4.56. The van der Waals surface area contributed by atoms with Crippen LogP contribution in [0, 0.1) is 20.8 Å². The van der Waals surface area contributed by atoms with E-state index in [0.29, 0.717) is 0 Å². The van der Waals surface area contributed by atoms with E-state index in [9.17, 15) is 0 Å². The molecule has 0 saturated heterocycles. The standard InChI is InChI=1S/C19H19N5/c1-11-6-5-7-15(13(11)3)17-12(2)8-16-19(21-17)18(23-22-16)14-9-20-24(4)10-14/h5-10H,1-4H3,(H,22,23). The number of fused-ring (bicyclic) bond motifs is 1. The van der Waals surface area contributed by atoms with Gasteiger partial charge in [0.1, 0.15) is 11.2 Å². The summed E-state index contributed by atoms with van der Waals surface area (Å²) in [7, 11) is 1.90. The van der Waals surface area contributed by atoms with E-state index in [4.69, 9.17) is 4.98 Å². The van der Waals surface area contributed by atoms with Crippen LogP contribution >= 0.6 is 0 Å². The van der Waals surface area contributed by atoms with Gasteiger partial charge in [0.2, 0.25) is 0 Å². The number of rotatable bonds is 2. The van der Waals surface area contributed by atoms with Gasteiger partial charge in [0.15, 0.2) is 0 Å². The lowest BCUT2D eigenvalue weighted by molar-refractivity contribution is 0.768. The molecule has 0 spiro atoms. The van der Waals surface area contributed by atoms with Gasteiger partial charge in [-0.2, -0.15) is 10.2 Å². The Hall–Kier alpha value is -2.95. The summed E-state index contributed by atoms with van der Waals surface area (Å²) in [6.45, 7) is 6.37. The largest absolute Gasteiger partial charge is 0.276 e. The topological polar surface area (TPSA) is 59.4 Å². The zero-order valence-corrected chi connectivity index (χ0v) is 14.3. The zero-order chi connectivity index (χ0) is 16.8. The Morgan fingerprint density at radius 1 is 1.04 bits per heavy atom. The lowest BCUT2D eigenvalue weighted by atomic mass is 9.98. The first-order chi connectivity index (χ1) is 11.5. The predicted molar refractivity (Wildman–Crippen MR) is 95.7 cm³/mol. The summed E-state index contributed by atoms with van der Waals surface area (Å²) in [4.78, 5) is 4.96. The highest BCUT2D eigenvalue weighted by Crippen LogP contribution is 2.31. The van der Waals surface area contributed by atoms with Gasteiger partial charge in [-0.05, 0) is 43.5 Å². The minimum Gasteiger partial charge on any atom is -0.276 e. The fourth-order valence-electron chi connectivity index (χ4n) is 3.07. The summed E-state index contributed by atoms with van der Waals surface area (Å²) in [5.41, 5.74) is 9.48. The first-order valence-electron chi connectivity index (χ1n) is 7.96. The van der Waals surface area contributed by atoms with E-state index in [1.165, 1.54) is 16.7 Å². The number of nitrogens with zero attached hydrogens (tertiary/aromatic N) is 4. The number of pyridine rings is 1. The van der Waals surface area contributed by atoms with Crippen LogP contribution in [0.5, 0.6) is 0 Å². The Kier molecular flexibility index (Phi) is 3.23. The van der Waals surface area contributed by atoms with Crippen molar-refractivity contribution in [1.82, 2.24) is 25.0 Å². The molecule has 1 N–H and O–H groups in total.